The van der Waals surface area contributed by atoms with Crippen molar-refractivity contribution in [3.63, 3.8) is 0 Å². The number of carbonyl (C=O) groups excluding carboxylic acids is 3. The number of esters is 1. The highest BCUT2D eigenvalue weighted by Gasteiger charge is 2.76. The van der Waals surface area contributed by atoms with Crippen molar-refractivity contribution in [2.75, 3.05) is 13.2 Å². The third-order valence-corrected chi connectivity index (χ3v) is 11.6. The molecule has 5 rings (SSSR count). The van der Waals surface area contributed by atoms with Crippen LogP contribution in [0.5, 0.6) is 0 Å². The van der Waals surface area contributed by atoms with Gasteiger partial charge in [0.05, 0.1) is 35.8 Å². The van der Waals surface area contributed by atoms with Gasteiger partial charge in [0.15, 0.2) is 0 Å². The number of nitrogens with one attached hydrogen (secondary N) is 1. The molecule has 4 aliphatic rings. The molecule has 0 aromatic heterocycles. The van der Waals surface area contributed by atoms with Gasteiger partial charge in [0.25, 0.3) is 0 Å². The fourth-order valence-electron chi connectivity index (χ4n) is 6.93. The van der Waals surface area contributed by atoms with E-state index in [1.54, 1.807) is 23.6 Å². The molecule has 3 heterocycles. The summed E-state index contributed by atoms with van der Waals surface area (Å²) < 4.78 is 4.70. The summed E-state index contributed by atoms with van der Waals surface area (Å²) in [6.07, 6.45) is 6.30. The van der Waals surface area contributed by atoms with E-state index < -0.39 is 28.7 Å². The van der Waals surface area contributed by atoms with Crippen molar-refractivity contribution in [1.29, 1.82) is 0 Å². The molecular weight excluding hydrogens is 544 g/mol. The van der Waals surface area contributed by atoms with Crippen LogP contribution in [0.3, 0.4) is 0 Å². The Morgan fingerprint density at radius 3 is 2.64 bits per heavy atom. The number of halogens is 1. The fourth-order valence-corrected chi connectivity index (χ4v) is 10.5. The Morgan fingerprint density at radius 1 is 1.25 bits per heavy atom. The predicted molar refractivity (Wildman–Crippen MR) is 142 cm³/mol. The first-order chi connectivity index (χ1) is 17.4. The number of fused-ring (bicyclic) bond motifs is 1. The van der Waals surface area contributed by atoms with Gasteiger partial charge in [-0.15, -0.1) is 11.8 Å². The number of aliphatic hydroxyl groups is 1. The summed E-state index contributed by atoms with van der Waals surface area (Å²) in [5.74, 6) is -1.96. The van der Waals surface area contributed by atoms with Crippen LogP contribution in [-0.2, 0) is 25.5 Å². The standard InChI is InChI=1S/C27H35BrN2O5S/c1-2-35-26(34)20-21-25(33)30(18(15-31)13-16-9-5-3-6-10-16)23(27(21)14-19(28)22(20)36-27)24(32)29-17-11-7-4-8-12-17/h3,5-6,9-10,17-23,31H,2,4,7-8,11-15H2,1H3,(H,29,32)/t18-,19?,20-,21+,22-,23?,27?/m1/s1. The molecule has 7 nitrogen and oxygen atoms in total. The third-order valence-electron chi connectivity index (χ3n) is 8.40. The van der Waals surface area contributed by atoms with E-state index in [0.717, 1.165) is 31.2 Å². The number of benzene rings is 1. The molecular formula is C27H35BrN2O5S. The minimum atomic E-state index is -0.743. The summed E-state index contributed by atoms with van der Waals surface area (Å²) in [5, 5.41) is 13.6. The summed E-state index contributed by atoms with van der Waals surface area (Å²) in [6.45, 7) is 1.76. The highest BCUT2D eigenvalue weighted by molar-refractivity contribution is 9.09. The molecule has 3 aliphatic heterocycles. The Hall–Kier alpha value is -1.58. The number of thioether (sulfide) groups is 1. The van der Waals surface area contributed by atoms with Crippen molar-refractivity contribution in [1.82, 2.24) is 10.2 Å². The smallest absolute Gasteiger partial charge is 0.310 e. The third kappa shape index (κ3) is 4.39. The largest absolute Gasteiger partial charge is 0.466 e. The Bertz CT molecular complexity index is 990. The summed E-state index contributed by atoms with van der Waals surface area (Å²) in [4.78, 5) is 43.0. The molecule has 3 unspecified atom stereocenters. The zero-order valence-corrected chi connectivity index (χ0v) is 23.0. The molecule has 2 N–H and O–H groups in total. The second kappa shape index (κ2) is 10.7. The number of amides is 2. The van der Waals surface area contributed by atoms with Crippen LogP contribution in [0.1, 0.15) is 51.0 Å². The maximum Gasteiger partial charge on any atom is 0.310 e. The van der Waals surface area contributed by atoms with Gasteiger partial charge in [-0.25, -0.2) is 0 Å². The molecule has 9 heteroatoms. The number of hydrogen-bond donors (Lipinski definition) is 2. The molecule has 4 fully saturated rings. The summed E-state index contributed by atoms with van der Waals surface area (Å²) in [6, 6.07) is 8.53. The zero-order chi connectivity index (χ0) is 25.4. The lowest BCUT2D eigenvalue weighted by Crippen LogP contribution is -2.58. The van der Waals surface area contributed by atoms with Crippen LogP contribution >= 0.6 is 27.7 Å². The van der Waals surface area contributed by atoms with Gasteiger partial charge < -0.3 is 20.1 Å². The van der Waals surface area contributed by atoms with Gasteiger partial charge in [-0.1, -0.05) is 65.5 Å². The first-order valence-corrected chi connectivity index (χ1v) is 15.0. The van der Waals surface area contributed by atoms with Crippen LogP contribution in [0, 0.1) is 11.8 Å². The maximum atomic E-state index is 14.2. The van der Waals surface area contributed by atoms with Gasteiger partial charge >= 0.3 is 5.97 Å². The van der Waals surface area contributed by atoms with Crippen LogP contribution in [0.15, 0.2) is 30.3 Å². The van der Waals surface area contributed by atoms with Crippen molar-refractivity contribution in [3.05, 3.63) is 35.9 Å². The molecule has 1 aromatic rings. The average molecular weight is 580 g/mol. The van der Waals surface area contributed by atoms with Gasteiger partial charge in [-0.05, 0) is 38.2 Å². The maximum absolute atomic E-state index is 14.2. The lowest BCUT2D eigenvalue weighted by Gasteiger charge is -2.38. The molecule has 1 aliphatic carbocycles. The SMILES string of the molecule is CCOC(=O)[C@H]1[C@@H]2SC3(CC2Br)C(C(=O)NC2CCCCC2)N([C@@H](CO)Cc2ccccc2)C(=O)[C@H]13. The van der Waals surface area contributed by atoms with Crippen LogP contribution in [0.4, 0.5) is 0 Å². The van der Waals surface area contributed by atoms with E-state index in [1.807, 2.05) is 30.3 Å². The lowest BCUT2D eigenvalue weighted by molar-refractivity contribution is -0.154. The minimum Gasteiger partial charge on any atom is -0.466 e. The van der Waals surface area contributed by atoms with Crippen LogP contribution in [0.25, 0.3) is 0 Å². The monoisotopic (exact) mass is 578 g/mol. The number of carbonyl (C=O) groups is 3. The first-order valence-electron chi connectivity index (χ1n) is 13.2. The second-order valence-corrected chi connectivity index (χ2v) is 13.2. The van der Waals surface area contributed by atoms with E-state index in [1.165, 1.54) is 6.42 Å². The molecule has 2 amide bonds. The molecule has 1 saturated carbocycles. The first kappa shape index (κ1) is 26.0. The highest BCUT2D eigenvalue weighted by Crippen LogP contribution is 2.68. The molecule has 1 spiro atoms. The average Bonchev–Trinajstić information content (AvgIpc) is 3.47. The zero-order valence-electron chi connectivity index (χ0n) is 20.6. The minimum absolute atomic E-state index is 0.00702. The normalized spacial score (nSPS) is 34.5. The molecule has 196 valence electrons. The molecule has 2 bridgehead atoms. The molecule has 3 saturated heterocycles. The number of rotatable bonds is 8. The molecule has 1 aromatic carbocycles. The summed E-state index contributed by atoms with van der Waals surface area (Å²) in [5.41, 5.74) is 0.989. The van der Waals surface area contributed by atoms with Crippen molar-refractivity contribution >= 4 is 45.5 Å². The number of alkyl halides is 1. The Labute approximate surface area is 225 Å². The van der Waals surface area contributed by atoms with Gasteiger partial charge in [0.2, 0.25) is 11.8 Å². The van der Waals surface area contributed by atoms with Gasteiger partial charge in [-0.2, -0.15) is 0 Å². The Balaban J connectivity index is 1.52. The van der Waals surface area contributed by atoms with E-state index >= 15 is 0 Å². The van der Waals surface area contributed by atoms with Crippen molar-refractivity contribution < 1.29 is 24.2 Å². The predicted octanol–water partition coefficient (Wildman–Crippen LogP) is 3.07. The van der Waals surface area contributed by atoms with Gasteiger partial charge in [0.1, 0.15) is 6.04 Å². The van der Waals surface area contributed by atoms with Crippen molar-refractivity contribution in [2.24, 2.45) is 11.8 Å². The Kier molecular flexibility index (Phi) is 7.71. The van der Waals surface area contributed by atoms with E-state index in [9.17, 15) is 19.5 Å². The summed E-state index contributed by atoms with van der Waals surface area (Å²) in [7, 11) is 0. The van der Waals surface area contributed by atoms with E-state index in [-0.39, 0.29) is 47.1 Å². The number of aliphatic hydroxyl groups excluding tert-OH is 1. The van der Waals surface area contributed by atoms with E-state index in [4.69, 9.17) is 4.74 Å². The molecule has 7 atom stereocenters. The highest BCUT2D eigenvalue weighted by atomic mass is 79.9. The van der Waals surface area contributed by atoms with Crippen LogP contribution in [-0.4, -0.2) is 74.0 Å². The second-order valence-electron chi connectivity index (χ2n) is 10.5. The van der Waals surface area contributed by atoms with E-state index in [0.29, 0.717) is 12.8 Å². The quantitative estimate of drug-likeness (QED) is 0.363. The Morgan fingerprint density at radius 2 is 1.97 bits per heavy atom. The van der Waals surface area contributed by atoms with Crippen LogP contribution in [0.2, 0.25) is 0 Å². The number of likely N-dealkylation sites (tertiary alicyclic amines) is 1. The van der Waals surface area contributed by atoms with Crippen LogP contribution < -0.4 is 5.32 Å². The number of hydrogen-bond acceptors (Lipinski definition) is 6. The number of nitrogens with zero attached hydrogens (tertiary/aromatic N) is 1. The number of ether oxygens (including phenoxy) is 1. The van der Waals surface area contributed by atoms with Crippen molar-refractivity contribution in [2.45, 2.75) is 84.8 Å². The molecule has 0 radical (unpaired) electrons. The van der Waals surface area contributed by atoms with Gasteiger partial charge in [-0.3, -0.25) is 14.4 Å². The van der Waals surface area contributed by atoms with Gasteiger partial charge in [0, 0.05) is 16.1 Å². The summed E-state index contributed by atoms with van der Waals surface area (Å²) >= 11 is 5.38. The molecule has 36 heavy (non-hydrogen) atoms. The van der Waals surface area contributed by atoms with E-state index in [2.05, 4.69) is 21.2 Å². The topological polar surface area (TPSA) is 95.9 Å². The lowest BCUT2D eigenvalue weighted by atomic mass is 9.71. The fraction of sp³-hybridized carbons (Fsp3) is 0.667. The van der Waals surface area contributed by atoms with Crippen molar-refractivity contribution in [3.8, 4) is 0 Å².